The van der Waals surface area contributed by atoms with Crippen LogP contribution in [0.5, 0.6) is 0 Å². The molecule has 0 aliphatic carbocycles. The largest absolute Gasteiger partial charge is 0.335 e. The maximum absolute atomic E-state index is 14.2. The Bertz CT molecular complexity index is 1100. The van der Waals surface area contributed by atoms with Crippen LogP contribution in [0.4, 0.5) is 8.78 Å². The highest BCUT2D eigenvalue weighted by Gasteiger charge is 2.34. The number of carbonyl (C=O) groups is 1. The molecule has 0 unspecified atom stereocenters. The molecule has 8 heteroatoms. The van der Waals surface area contributed by atoms with Gasteiger partial charge >= 0.3 is 0 Å². The highest BCUT2D eigenvalue weighted by molar-refractivity contribution is 6.30. The highest BCUT2D eigenvalue weighted by atomic mass is 35.5. The van der Waals surface area contributed by atoms with Gasteiger partial charge in [0.2, 0.25) is 0 Å². The van der Waals surface area contributed by atoms with Crippen LogP contribution in [-0.2, 0) is 6.42 Å². The van der Waals surface area contributed by atoms with Crippen molar-refractivity contribution in [1.29, 1.82) is 0 Å². The molecular weight excluding hydrogens is 434 g/mol. The fourth-order valence-electron chi connectivity index (χ4n) is 4.29. The van der Waals surface area contributed by atoms with E-state index in [4.69, 9.17) is 11.6 Å². The normalized spacial score (nSPS) is 18.6. The molecule has 0 saturated carbocycles. The molecule has 2 aromatic heterocycles. The summed E-state index contributed by atoms with van der Waals surface area (Å²) >= 11 is 5.92. The first-order valence-corrected chi connectivity index (χ1v) is 11.0. The monoisotopic (exact) mass is 456 g/mol. The minimum absolute atomic E-state index is 0.0496. The zero-order valence-corrected chi connectivity index (χ0v) is 18.4. The predicted molar refractivity (Wildman–Crippen MR) is 118 cm³/mol. The van der Waals surface area contributed by atoms with Crippen molar-refractivity contribution >= 4 is 17.5 Å². The summed E-state index contributed by atoms with van der Waals surface area (Å²) in [6.07, 6.45) is 7.85. The molecule has 1 aliphatic heterocycles. The Morgan fingerprint density at radius 2 is 1.91 bits per heavy atom. The quantitative estimate of drug-likeness (QED) is 0.519. The average molecular weight is 457 g/mol. The number of amides is 1. The number of likely N-dealkylation sites (tertiary alicyclic amines) is 1. The first-order valence-electron chi connectivity index (χ1n) is 10.6. The van der Waals surface area contributed by atoms with Gasteiger partial charge in [-0.25, -0.2) is 18.7 Å². The summed E-state index contributed by atoms with van der Waals surface area (Å²) in [5.74, 6) is -2.00. The fourth-order valence-corrected chi connectivity index (χ4v) is 4.41. The SMILES string of the molecule is C[C@@H]1CCCN(C(=O)c2cc(F)c(F)cc2-c2ncccn2)[C@@H]1CCc1ccc(Cl)cn1. The first kappa shape index (κ1) is 22.3. The highest BCUT2D eigenvalue weighted by Crippen LogP contribution is 2.31. The molecule has 5 nitrogen and oxygen atoms in total. The van der Waals surface area contributed by atoms with Crippen LogP contribution in [0.1, 0.15) is 42.2 Å². The molecule has 1 amide bonds. The van der Waals surface area contributed by atoms with Crippen molar-refractivity contribution in [2.45, 2.75) is 38.6 Å². The Labute approximate surface area is 190 Å². The maximum Gasteiger partial charge on any atom is 0.254 e. The predicted octanol–water partition coefficient (Wildman–Crippen LogP) is 5.34. The molecule has 2 atom stereocenters. The third-order valence-corrected chi connectivity index (χ3v) is 6.18. The minimum atomic E-state index is -1.07. The van der Waals surface area contributed by atoms with Crippen molar-refractivity contribution in [2.75, 3.05) is 6.54 Å². The molecule has 0 bridgehead atoms. The van der Waals surface area contributed by atoms with Gasteiger partial charge in [0.05, 0.1) is 10.6 Å². The van der Waals surface area contributed by atoms with Crippen LogP contribution in [-0.4, -0.2) is 38.3 Å². The van der Waals surface area contributed by atoms with Crippen LogP contribution >= 0.6 is 11.6 Å². The molecule has 3 aromatic rings. The van der Waals surface area contributed by atoms with Crippen molar-refractivity contribution in [1.82, 2.24) is 19.9 Å². The number of aromatic nitrogens is 3. The summed E-state index contributed by atoms with van der Waals surface area (Å²) in [7, 11) is 0. The molecule has 1 aromatic carbocycles. The number of piperidine rings is 1. The Balaban J connectivity index is 1.64. The number of aryl methyl sites for hydroxylation is 1. The van der Waals surface area contributed by atoms with Gasteiger partial charge in [0.25, 0.3) is 5.91 Å². The van der Waals surface area contributed by atoms with E-state index in [-0.39, 0.29) is 34.8 Å². The lowest BCUT2D eigenvalue weighted by Gasteiger charge is -2.40. The molecule has 0 spiro atoms. The lowest BCUT2D eigenvalue weighted by atomic mass is 9.86. The number of halogens is 3. The number of nitrogens with zero attached hydrogens (tertiary/aromatic N) is 4. The van der Waals surface area contributed by atoms with E-state index in [1.807, 2.05) is 6.07 Å². The third kappa shape index (κ3) is 4.78. The Morgan fingerprint density at radius 3 is 2.62 bits per heavy atom. The van der Waals surface area contributed by atoms with Gasteiger partial charge in [0.1, 0.15) is 0 Å². The summed E-state index contributed by atoms with van der Waals surface area (Å²) in [5, 5.41) is 0.575. The van der Waals surface area contributed by atoms with Gasteiger partial charge < -0.3 is 4.90 Å². The van der Waals surface area contributed by atoms with Crippen LogP contribution < -0.4 is 0 Å². The van der Waals surface area contributed by atoms with E-state index in [9.17, 15) is 13.6 Å². The lowest BCUT2D eigenvalue weighted by Crippen LogP contribution is -2.48. The molecular formula is C24H23ClF2N4O. The molecule has 1 saturated heterocycles. The van der Waals surface area contributed by atoms with Crippen molar-refractivity contribution in [2.24, 2.45) is 5.92 Å². The molecule has 1 aliphatic rings. The van der Waals surface area contributed by atoms with Gasteiger partial charge in [0, 0.05) is 42.4 Å². The second-order valence-electron chi connectivity index (χ2n) is 8.08. The van der Waals surface area contributed by atoms with Crippen LogP contribution in [0.2, 0.25) is 5.02 Å². The van der Waals surface area contributed by atoms with Gasteiger partial charge in [-0.15, -0.1) is 0 Å². The Hall–Kier alpha value is -2.93. The summed E-state index contributed by atoms with van der Waals surface area (Å²) in [6.45, 7) is 2.67. The third-order valence-electron chi connectivity index (χ3n) is 5.96. The summed E-state index contributed by atoms with van der Waals surface area (Å²) in [4.78, 5) is 28.0. The number of carbonyl (C=O) groups excluding carboxylic acids is 1. The van der Waals surface area contributed by atoms with Crippen LogP contribution in [0, 0.1) is 17.6 Å². The maximum atomic E-state index is 14.2. The number of pyridine rings is 1. The van der Waals surface area contributed by atoms with Crippen LogP contribution in [0.3, 0.4) is 0 Å². The lowest BCUT2D eigenvalue weighted by molar-refractivity contribution is 0.0499. The smallest absolute Gasteiger partial charge is 0.254 e. The van der Waals surface area contributed by atoms with Gasteiger partial charge in [-0.1, -0.05) is 18.5 Å². The zero-order valence-electron chi connectivity index (χ0n) is 17.6. The first-order chi connectivity index (χ1) is 15.4. The van der Waals surface area contributed by atoms with E-state index in [2.05, 4.69) is 21.9 Å². The molecule has 0 N–H and O–H groups in total. The molecule has 166 valence electrons. The van der Waals surface area contributed by atoms with E-state index < -0.39 is 11.6 Å². The number of hydrogen-bond donors (Lipinski definition) is 0. The summed E-state index contributed by atoms with van der Waals surface area (Å²) in [6, 6.07) is 7.20. The van der Waals surface area contributed by atoms with Crippen molar-refractivity contribution in [3.63, 3.8) is 0 Å². The molecule has 4 rings (SSSR count). The van der Waals surface area contributed by atoms with E-state index in [0.717, 1.165) is 30.7 Å². The van der Waals surface area contributed by atoms with E-state index in [1.165, 1.54) is 12.4 Å². The van der Waals surface area contributed by atoms with Gasteiger partial charge in [-0.2, -0.15) is 0 Å². The molecule has 3 heterocycles. The summed E-state index contributed by atoms with van der Waals surface area (Å²) < 4.78 is 28.2. The molecule has 1 fully saturated rings. The van der Waals surface area contributed by atoms with Crippen molar-refractivity contribution in [3.8, 4) is 11.4 Å². The number of rotatable bonds is 5. The second-order valence-corrected chi connectivity index (χ2v) is 8.51. The fraction of sp³-hybridized carbons (Fsp3) is 0.333. The van der Waals surface area contributed by atoms with Crippen LogP contribution in [0.15, 0.2) is 48.9 Å². The number of hydrogen-bond acceptors (Lipinski definition) is 4. The minimum Gasteiger partial charge on any atom is -0.335 e. The van der Waals surface area contributed by atoms with E-state index in [1.54, 1.807) is 23.2 Å². The van der Waals surface area contributed by atoms with Gasteiger partial charge in [0.15, 0.2) is 17.5 Å². The summed E-state index contributed by atoms with van der Waals surface area (Å²) in [5.41, 5.74) is 1.15. The van der Waals surface area contributed by atoms with E-state index >= 15 is 0 Å². The topological polar surface area (TPSA) is 59.0 Å². The molecule has 0 radical (unpaired) electrons. The van der Waals surface area contributed by atoms with Crippen molar-refractivity contribution in [3.05, 3.63) is 76.8 Å². The Kier molecular flexibility index (Phi) is 6.74. The second kappa shape index (κ2) is 9.69. The van der Waals surface area contributed by atoms with Crippen LogP contribution in [0.25, 0.3) is 11.4 Å². The van der Waals surface area contributed by atoms with E-state index in [0.29, 0.717) is 24.4 Å². The van der Waals surface area contributed by atoms with Gasteiger partial charge in [-0.3, -0.25) is 9.78 Å². The molecule has 32 heavy (non-hydrogen) atoms. The standard InChI is InChI=1S/C24H23ClF2N4O/c1-15-4-2-11-31(22(15)8-7-17-6-5-16(25)14-30-17)24(32)19-13-21(27)20(26)12-18(19)23-28-9-3-10-29-23/h3,5-6,9-10,12-15,22H,2,4,7-8,11H2,1H3/t15-,22-/m1/s1. The number of benzene rings is 1. The van der Waals surface area contributed by atoms with Gasteiger partial charge in [-0.05, 0) is 61.9 Å². The average Bonchev–Trinajstić information content (AvgIpc) is 2.81. The Morgan fingerprint density at radius 1 is 1.16 bits per heavy atom. The van der Waals surface area contributed by atoms with Crippen molar-refractivity contribution < 1.29 is 13.6 Å². The zero-order chi connectivity index (χ0) is 22.7.